The van der Waals surface area contributed by atoms with Crippen molar-refractivity contribution < 1.29 is 14.3 Å². The summed E-state index contributed by atoms with van der Waals surface area (Å²) in [5.74, 6) is 1.05. The predicted octanol–water partition coefficient (Wildman–Crippen LogP) is 6.17. The van der Waals surface area contributed by atoms with E-state index in [9.17, 15) is 9.59 Å². The van der Waals surface area contributed by atoms with Crippen molar-refractivity contribution in [3.63, 3.8) is 0 Å². The van der Waals surface area contributed by atoms with Crippen LogP contribution in [-0.4, -0.2) is 43.1 Å². The molecule has 1 saturated heterocycles. The molecule has 1 aliphatic carbocycles. The smallest absolute Gasteiger partial charge is 0.163 e. The fourth-order valence-corrected chi connectivity index (χ4v) is 5.69. The SMILES string of the molecule is CCSc1cc(C(=O)CCC2C(=O)C=C(C)C=C2C)c(C)c(N(CC)C2CCOCC2)c1. The number of ketones is 2. The highest BCUT2D eigenvalue weighted by Crippen LogP contribution is 2.34. The maximum Gasteiger partial charge on any atom is 0.163 e. The van der Waals surface area contributed by atoms with Crippen LogP contribution in [0.25, 0.3) is 0 Å². The highest BCUT2D eigenvalue weighted by atomic mass is 32.2. The second kappa shape index (κ2) is 11.3. The molecular formula is C27H37NO3S. The zero-order chi connectivity index (χ0) is 23.3. The van der Waals surface area contributed by atoms with Crippen LogP contribution in [0.2, 0.25) is 0 Å². The second-order valence-electron chi connectivity index (χ2n) is 8.87. The minimum absolute atomic E-state index is 0.125. The molecule has 0 aromatic heterocycles. The van der Waals surface area contributed by atoms with Gasteiger partial charge in [-0.1, -0.05) is 18.6 Å². The molecule has 1 unspecified atom stereocenters. The molecule has 174 valence electrons. The molecule has 5 heteroatoms. The standard InChI is InChI=1S/C27H37NO3S/c1-6-28(21-10-12-31-13-11-21)25-17-22(32-7-2)16-24(20(25)5)26(29)9-8-23-19(4)14-18(3)15-27(23)30/h14-17,21,23H,6-13H2,1-5H3. The molecule has 1 aromatic carbocycles. The fraction of sp³-hybridized carbons (Fsp3) is 0.556. The van der Waals surface area contributed by atoms with Crippen molar-refractivity contribution in [3.8, 4) is 0 Å². The number of rotatable bonds is 9. The summed E-state index contributed by atoms with van der Waals surface area (Å²) >= 11 is 1.78. The van der Waals surface area contributed by atoms with E-state index in [1.807, 2.05) is 13.8 Å². The van der Waals surface area contributed by atoms with Gasteiger partial charge in [-0.15, -0.1) is 11.8 Å². The molecule has 1 aromatic rings. The highest BCUT2D eigenvalue weighted by molar-refractivity contribution is 7.99. The van der Waals surface area contributed by atoms with Crippen molar-refractivity contribution >= 4 is 29.0 Å². The number of hydrogen-bond acceptors (Lipinski definition) is 5. The number of allylic oxidation sites excluding steroid dienone is 4. The number of ether oxygens (including phenoxy) is 1. The number of nitrogens with zero attached hydrogens (tertiary/aromatic N) is 1. The van der Waals surface area contributed by atoms with Crippen LogP contribution in [0.15, 0.2) is 40.3 Å². The summed E-state index contributed by atoms with van der Waals surface area (Å²) in [6.45, 7) is 12.9. The lowest BCUT2D eigenvalue weighted by Crippen LogP contribution is -2.40. The largest absolute Gasteiger partial charge is 0.381 e. The van der Waals surface area contributed by atoms with E-state index in [4.69, 9.17) is 4.74 Å². The van der Waals surface area contributed by atoms with Gasteiger partial charge in [0.05, 0.1) is 0 Å². The predicted molar refractivity (Wildman–Crippen MR) is 134 cm³/mol. The van der Waals surface area contributed by atoms with Crippen LogP contribution in [0.1, 0.15) is 69.3 Å². The van der Waals surface area contributed by atoms with E-state index >= 15 is 0 Å². The van der Waals surface area contributed by atoms with Gasteiger partial charge in [-0.2, -0.15) is 0 Å². The Morgan fingerprint density at radius 1 is 1.12 bits per heavy atom. The van der Waals surface area contributed by atoms with Crippen LogP contribution in [0.5, 0.6) is 0 Å². The molecule has 0 radical (unpaired) electrons. The van der Waals surface area contributed by atoms with Gasteiger partial charge in [-0.25, -0.2) is 0 Å². The van der Waals surface area contributed by atoms with Gasteiger partial charge in [0.25, 0.3) is 0 Å². The van der Waals surface area contributed by atoms with E-state index < -0.39 is 0 Å². The first kappa shape index (κ1) is 24.8. The number of Topliss-reactive ketones (excluding diaryl/α,β-unsaturated/α-hetero) is 1. The van der Waals surface area contributed by atoms with Gasteiger partial charge in [0.2, 0.25) is 0 Å². The Morgan fingerprint density at radius 3 is 2.47 bits per heavy atom. The zero-order valence-electron chi connectivity index (χ0n) is 20.2. The monoisotopic (exact) mass is 455 g/mol. The molecular weight excluding hydrogens is 418 g/mol. The Bertz CT molecular complexity index is 912. The van der Waals surface area contributed by atoms with Gasteiger partial charge in [0.15, 0.2) is 11.6 Å². The van der Waals surface area contributed by atoms with E-state index in [1.165, 1.54) is 5.69 Å². The third-order valence-electron chi connectivity index (χ3n) is 6.63. The van der Waals surface area contributed by atoms with E-state index in [0.717, 1.165) is 65.5 Å². The number of hydrogen-bond donors (Lipinski definition) is 0. The molecule has 1 heterocycles. The zero-order valence-corrected chi connectivity index (χ0v) is 21.0. The summed E-state index contributed by atoms with van der Waals surface area (Å²) in [6.07, 6.45) is 6.76. The first-order valence-corrected chi connectivity index (χ1v) is 12.9. The molecule has 0 amide bonds. The summed E-state index contributed by atoms with van der Waals surface area (Å²) in [6, 6.07) is 4.76. The molecule has 3 rings (SSSR count). The Balaban J connectivity index is 1.85. The summed E-state index contributed by atoms with van der Waals surface area (Å²) in [4.78, 5) is 29.5. The first-order valence-electron chi connectivity index (χ1n) is 11.9. The van der Waals surface area contributed by atoms with Gasteiger partial charge in [-0.05, 0) is 82.1 Å². The topological polar surface area (TPSA) is 46.6 Å². The molecule has 2 aliphatic rings. The van der Waals surface area contributed by atoms with Crippen molar-refractivity contribution in [3.05, 3.63) is 46.6 Å². The summed E-state index contributed by atoms with van der Waals surface area (Å²) in [5.41, 5.74) is 5.09. The lowest BCUT2D eigenvalue weighted by Gasteiger charge is -2.37. The molecule has 1 aliphatic heterocycles. The van der Waals surface area contributed by atoms with E-state index in [-0.39, 0.29) is 17.5 Å². The minimum Gasteiger partial charge on any atom is -0.381 e. The van der Waals surface area contributed by atoms with Gasteiger partial charge >= 0.3 is 0 Å². The molecule has 32 heavy (non-hydrogen) atoms. The molecule has 1 fully saturated rings. The normalized spacial score (nSPS) is 19.5. The second-order valence-corrected chi connectivity index (χ2v) is 10.2. The third-order valence-corrected chi connectivity index (χ3v) is 7.48. The van der Waals surface area contributed by atoms with E-state index in [0.29, 0.717) is 18.9 Å². The fourth-order valence-electron chi connectivity index (χ4n) is 4.96. The number of thioether (sulfide) groups is 1. The lowest BCUT2D eigenvalue weighted by molar-refractivity contribution is -0.117. The van der Waals surface area contributed by atoms with Gasteiger partial charge in [-0.3, -0.25) is 9.59 Å². The summed E-state index contributed by atoms with van der Waals surface area (Å²) < 4.78 is 5.58. The van der Waals surface area contributed by atoms with Crippen LogP contribution < -0.4 is 4.90 Å². The van der Waals surface area contributed by atoms with Crippen molar-refractivity contribution in [1.29, 1.82) is 0 Å². The lowest BCUT2D eigenvalue weighted by atomic mass is 9.84. The van der Waals surface area contributed by atoms with Crippen molar-refractivity contribution in [2.24, 2.45) is 5.92 Å². The Hall–Kier alpha value is -1.85. The van der Waals surface area contributed by atoms with E-state index in [2.05, 4.69) is 43.9 Å². The molecule has 0 saturated carbocycles. The quantitative estimate of drug-likeness (QED) is 0.329. The molecule has 0 spiro atoms. The van der Waals surface area contributed by atoms with Gasteiger partial charge < -0.3 is 9.64 Å². The number of carbonyl (C=O) groups is 2. The van der Waals surface area contributed by atoms with Crippen LogP contribution in [0.3, 0.4) is 0 Å². The Kier molecular flexibility index (Phi) is 8.78. The molecule has 0 N–H and O–H groups in total. The third kappa shape index (κ3) is 5.74. The van der Waals surface area contributed by atoms with Crippen molar-refractivity contribution in [2.75, 3.05) is 30.4 Å². The van der Waals surface area contributed by atoms with Crippen molar-refractivity contribution in [2.45, 2.75) is 71.2 Å². The average molecular weight is 456 g/mol. The number of carbonyl (C=O) groups excluding carboxylic acids is 2. The maximum atomic E-state index is 13.4. The molecule has 0 bridgehead atoms. The summed E-state index contributed by atoms with van der Waals surface area (Å²) in [7, 11) is 0. The van der Waals surface area contributed by atoms with Crippen LogP contribution in [-0.2, 0) is 9.53 Å². The van der Waals surface area contributed by atoms with Crippen LogP contribution in [0, 0.1) is 12.8 Å². The van der Waals surface area contributed by atoms with Gasteiger partial charge in [0.1, 0.15) is 0 Å². The Morgan fingerprint density at radius 2 is 1.84 bits per heavy atom. The van der Waals surface area contributed by atoms with Crippen LogP contribution >= 0.6 is 11.8 Å². The highest BCUT2D eigenvalue weighted by Gasteiger charge is 2.26. The van der Waals surface area contributed by atoms with Gasteiger partial charge in [0, 0.05) is 54.3 Å². The molecule has 1 atom stereocenters. The van der Waals surface area contributed by atoms with Crippen LogP contribution in [0.4, 0.5) is 5.69 Å². The summed E-state index contributed by atoms with van der Waals surface area (Å²) in [5, 5.41) is 0. The minimum atomic E-state index is -0.176. The number of anilines is 1. The Labute approximate surface area is 197 Å². The number of benzene rings is 1. The van der Waals surface area contributed by atoms with Crippen molar-refractivity contribution in [1.82, 2.24) is 0 Å². The first-order chi connectivity index (χ1) is 15.3. The van der Waals surface area contributed by atoms with E-state index in [1.54, 1.807) is 17.8 Å². The average Bonchev–Trinajstić information content (AvgIpc) is 2.76. The molecule has 4 nitrogen and oxygen atoms in total. The maximum absolute atomic E-state index is 13.4.